The molecule has 1 saturated carbocycles. The number of nitriles is 2. The van der Waals surface area contributed by atoms with Crippen molar-refractivity contribution in [2.24, 2.45) is 0 Å². The normalized spacial score (nSPS) is 19.7. The number of carbonyl (C=O) groups is 2. The standard InChI is InChI=1S/C42H20N6O3S4/c1-45-26(18-43)30-20-10-4-6-12-22(20)33(49)24(30)16-28-47-40-37(52-28)32-36(54-40)38-35(51-42(32)14-8-3-9-15-42)39-41(55-38)48-29(53-39)17-25-31(27(19-44)46-2)21-11-5-7-13-23(21)34(25)50/h4-7,10-13,16-17H,3,8-9,14-15H2/b24-16-,25-17-,30-26+,31-27-. The zero-order valence-electron chi connectivity index (χ0n) is 28.4. The molecule has 0 amide bonds. The van der Waals surface area contributed by atoms with Crippen molar-refractivity contribution in [2.75, 3.05) is 0 Å². The van der Waals surface area contributed by atoms with Crippen LogP contribution in [0.1, 0.15) is 79.5 Å². The van der Waals surface area contributed by atoms with E-state index in [1.807, 2.05) is 12.1 Å². The number of hydrogen-bond acceptors (Lipinski definition) is 11. The van der Waals surface area contributed by atoms with Crippen LogP contribution in [0.2, 0.25) is 0 Å². The summed E-state index contributed by atoms with van der Waals surface area (Å²) in [4.78, 5) is 47.8. The van der Waals surface area contributed by atoms with E-state index in [1.54, 1.807) is 72.0 Å². The molecule has 5 heterocycles. The predicted molar refractivity (Wildman–Crippen MR) is 215 cm³/mol. The van der Waals surface area contributed by atoms with E-state index in [2.05, 4.69) is 9.69 Å². The molecule has 1 spiro atoms. The van der Waals surface area contributed by atoms with Crippen molar-refractivity contribution in [2.45, 2.75) is 37.7 Å². The van der Waals surface area contributed by atoms with Crippen molar-refractivity contribution < 1.29 is 14.3 Å². The SMILES string of the molecule is [C-]#[N+]/C(C#N)=C1\C(=C\c2nc3sc4c(c3s2)OC2(CCCCC2)c2c-4sc3nc(/C=C4\C(=O)c5ccccc5\C4=C(\C#N)[N+]#[C-])sc23)C(=O)c2ccccc21. The molecule has 0 saturated heterocycles. The quantitative estimate of drug-likeness (QED) is 0.0972. The number of Topliss-reactive ketones (excluding diaryl/α,β-unsaturated/α-hetero) is 2. The summed E-state index contributed by atoms with van der Waals surface area (Å²) >= 11 is 6.07. The van der Waals surface area contributed by atoms with Gasteiger partial charge in [0.15, 0.2) is 17.3 Å². The van der Waals surface area contributed by atoms with Gasteiger partial charge in [0.2, 0.25) is 0 Å². The van der Waals surface area contributed by atoms with Crippen LogP contribution in [0.5, 0.6) is 5.75 Å². The number of aromatic nitrogens is 2. The number of rotatable bonds is 2. The minimum absolute atomic E-state index is 0.125. The van der Waals surface area contributed by atoms with Crippen LogP contribution >= 0.6 is 45.3 Å². The zero-order valence-corrected chi connectivity index (χ0v) is 31.6. The maximum Gasteiger partial charge on any atom is 0.270 e. The van der Waals surface area contributed by atoms with E-state index in [9.17, 15) is 20.1 Å². The molecule has 55 heavy (non-hydrogen) atoms. The highest BCUT2D eigenvalue weighted by Crippen LogP contribution is 2.62. The Morgan fingerprint density at radius 2 is 1.20 bits per heavy atom. The predicted octanol–water partition coefficient (Wildman–Crippen LogP) is 11.1. The minimum Gasteiger partial charge on any atom is -0.479 e. The maximum absolute atomic E-state index is 13.6. The van der Waals surface area contributed by atoms with E-state index in [-0.39, 0.29) is 28.5 Å². The van der Waals surface area contributed by atoms with Gasteiger partial charge in [0.05, 0.1) is 39.7 Å². The zero-order chi connectivity index (χ0) is 37.6. The first-order valence-electron chi connectivity index (χ1n) is 17.2. The monoisotopic (exact) mass is 784 g/mol. The molecule has 4 aliphatic rings. The Morgan fingerprint density at radius 1 is 0.709 bits per heavy atom. The number of benzene rings is 2. The van der Waals surface area contributed by atoms with Gasteiger partial charge in [-0.3, -0.25) is 9.59 Å². The van der Waals surface area contributed by atoms with Crippen LogP contribution in [0.4, 0.5) is 0 Å². The molecule has 0 N–H and O–H groups in total. The Kier molecular flexibility index (Phi) is 7.48. The summed E-state index contributed by atoms with van der Waals surface area (Å²) in [5.41, 5.74) is 3.66. The van der Waals surface area contributed by atoms with Gasteiger partial charge < -0.3 is 4.74 Å². The fraction of sp³-hybridized carbons (Fsp3) is 0.143. The summed E-state index contributed by atoms with van der Waals surface area (Å²) < 4.78 is 9.08. The van der Waals surface area contributed by atoms with Crippen molar-refractivity contribution in [1.82, 2.24) is 9.97 Å². The maximum atomic E-state index is 13.6. The molecule has 4 aromatic heterocycles. The molecule has 3 aliphatic carbocycles. The molecule has 10 rings (SSSR count). The molecule has 9 nitrogen and oxygen atoms in total. The summed E-state index contributed by atoms with van der Waals surface area (Å²) in [6, 6.07) is 18.1. The summed E-state index contributed by atoms with van der Waals surface area (Å²) in [6.45, 7) is 15.3. The third-order valence-corrected chi connectivity index (χ3v) is 15.1. The summed E-state index contributed by atoms with van der Waals surface area (Å²) in [6.07, 6.45) is 8.20. The molecule has 0 radical (unpaired) electrons. The van der Waals surface area contributed by atoms with Gasteiger partial charge in [-0.05, 0) is 49.0 Å². The number of carbonyl (C=O) groups excluding carboxylic acids is 2. The first-order chi connectivity index (χ1) is 26.9. The number of ether oxygens (including phenoxy) is 1. The van der Waals surface area contributed by atoms with Crippen LogP contribution in [0.15, 0.2) is 71.1 Å². The highest BCUT2D eigenvalue weighted by molar-refractivity contribution is 7.34. The summed E-state index contributed by atoms with van der Waals surface area (Å²) in [5.74, 6) is 0.318. The van der Waals surface area contributed by atoms with E-state index in [0.717, 1.165) is 72.2 Å². The van der Waals surface area contributed by atoms with Crippen LogP contribution in [0.25, 0.3) is 61.8 Å². The van der Waals surface area contributed by atoms with Gasteiger partial charge in [0.1, 0.15) is 30.0 Å². The second kappa shape index (κ2) is 12.4. The molecular formula is C42H20N6O3S4. The van der Waals surface area contributed by atoms with Crippen molar-refractivity contribution in [3.63, 3.8) is 0 Å². The lowest BCUT2D eigenvalue weighted by molar-refractivity contribution is 0.0282. The molecule has 13 heteroatoms. The number of ketones is 2. The van der Waals surface area contributed by atoms with E-state index in [0.29, 0.717) is 49.0 Å². The second-order valence-electron chi connectivity index (χ2n) is 13.4. The molecule has 1 fully saturated rings. The van der Waals surface area contributed by atoms with Crippen molar-refractivity contribution >= 4 is 99.3 Å². The number of fused-ring (bicyclic) bond motifs is 10. The van der Waals surface area contributed by atoms with Crippen LogP contribution in [-0.2, 0) is 5.60 Å². The third-order valence-electron chi connectivity index (χ3n) is 10.5. The Balaban J connectivity index is 1.10. The number of nitrogens with zero attached hydrogens (tertiary/aromatic N) is 6. The Bertz CT molecular complexity index is 3060. The molecule has 260 valence electrons. The van der Waals surface area contributed by atoms with Crippen LogP contribution in [0, 0.1) is 35.8 Å². The van der Waals surface area contributed by atoms with E-state index >= 15 is 0 Å². The van der Waals surface area contributed by atoms with Gasteiger partial charge in [-0.2, -0.15) is 0 Å². The van der Waals surface area contributed by atoms with E-state index in [4.69, 9.17) is 27.8 Å². The summed E-state index contributed by atoms with van der Waals surface area (Å²) in [7, 11) is 0. The van der Waals surface area contributed by atoms with Crippen LogP contribution in [-0.4, -0.2) is 21.5 Å². The molecule has 0 bridgehead atoms. The van der Waals surface area contributed by atoms with Crippen molar-refractivity contribution in [3.8, 4) is 27.6 Å². The number of thiazole rings is 2. The average molecular weight is 785 g/mol. The number of hydrogen-bond donors (Lipinski definition) is 0. The lowest BCUT2D eigenvalue weighted by atomic mass is 9.78. The molecule has 0 unspecified atom stereocenters. The lowest BCUT2D eigenvalue weighted by Gasteiger charge is -2.40. The van der Waals surface area contributed by atoms with Gasteiger partial charge in [0.25, 0.3) is 11.4 Å². The second-order valence-corrected chi connectivity index (χ2v) is 17.4. The smallest absolute Gasteiger partial charge is 0.270 e. The minimum atomic E-state index is -0.578. The summed E-state index contributed by atoms with van der Waals surface area (Å²) in [5, 5.41) is 20.8. The van der Waals surface area contributed by atoms with E-state index < -0.39 is 5.60 Å². The average Bonchev–Trinajstić information content (AvgIpc) is 4.04. The fourth-order valence-electron chi connectivity index (χ4n) is 8.15. The van der Waals surface area contributed by atoms with Gasteiger partial charge in [-0.25, -0.2) is 30.2 Å². The largest absolute Gasteiger partial charge is 0.479 e. The topological polar surface area (TPSA) is 125 Å². The van der Waals surface area contributed by atoms with Gasteiger partial charge >= 0.3 is 0 Å². The van der Waals surface area contributed by atoms with Gasteiger partial charge in [-0.1, -0.05) is 55.0 Å². The molecule has 6 aromatic rings. The molecule has 0 atom stereocenters. The van der Waals surface area contributed by atoms with Crippen LogP contribution < -0.4 is 4.74 Å². The Morgan fingerprint density at radius 3 is 1.73 bits per heavy atom. The first kappa shape index (κ1) is 33.3. The highest BCUT2D eigenvalue weighted by Gasteiger charge is 2.47. The Labute approximate surface area is 329 Å². The van der Waals surface area contributed by atoms with Gasteiger partial charge in [0, 0.05) is 39.0 Å². The number of allylic oxidation sites excluding steroid dienone is 6. The third kappa shape index (κ3) is 4.75. The van der Waals surface area contributed by atoms with Crippen LogP contribution in [0.3, 0.4) is 0 Å². The molecular weight excluding hydrogens is 765 g/mol. The fourth-order valence-corrected chi connectivity index (χ4v) is 13.1. The highest BCUT2D eigenvalue weighted by atomic mass is 32.1. The first-order valence-corrected chi connectivity index (χ1v) is 20.5. The number of thiophene rings is 2. The van der Waals surface area contributed by atoms with Crippen molar-refractivity contribution in [3.05, 3.63) is 132 Å². The molecule has 1 aliphatic heterocycles. The Hall–Kier alpha value is -6.32. The van der Waals surface area contributed by atoms with Crippen molar-refractivity contribution in [1.29, 1.82) is 10.5 Å². The van der Waals surface area contributed by atoms with Gasteiger partial charge in [-0.15, -0.1) is 45.3 Å². The lowest BCUT2D eigenvalue weighted by Crippen LogP contribution is -2.37. The molecule has 2 aromatic carbocycles. The van der Waals surface area contributed by atoms with E-state index in [1.165, 1.54) is 34.0 Å².